The lowest BCUT2D eigenvalue weighted by molar-refractivity contribution is -0.149. The number of esters is 1. The van der Waals surface area contributed by atoms with E-state index >= 15 is 0 Å². The van der Waals surface area contributed by atoms with Crippen molar-refractivity contribution in [2.24, 2.45) is 17.8 Å². The summed E-state index contributed by atoms with van der Waals surface area (Å²) in [6.07, 6.45) is 3.42. The first-order valence-corrected chi connectivity index (χ1v) is 5.19. The quantitative estimate of drug-likeness (QED) is 0.562. The van der Waals surface area contributed by atoms with Gasteiger partial charge in [0.05, 0.1) is 5.92 Å². The van der Waals surface area contributed by atoms with Crippen LogP contribution in [0.1, 0.15) is 19.3 Å². The van der Waals surface area contributed by atoms with Crippen molar-refractivity contribution in [1.29, 1.82) is 0 Å². The van der Waals surface area contributed by atoms with Crippen molar-refractivity contribution in [3.63, 3.8) is 0 Å². The van der Waals surface area contributed by atoms with Crippen LogP contribution in [0.2, 0.25) is 0 Å². The summed E-state index contributed by atoms with van der Waals surface area (Å²) in [6, 6.07) is 0. The fourth-order valence-electron chi connectivity index (χ4n) is 2.99. The molecule has 1 N–H and O–H groups in total. The molecule has 2 rings (SSSR count). The fraction of sp³-hybridized carbons (Fsp3) is 0.636. The number of aliphatic carboxylic acids is 1. The van der Waals surface area contributed by atoms with Gasteiger partial charge in [-0.2, -0.15) is 0 Å². The van der Waals surface area contributed by atoms with Crippen LogP contribution in [-0.4, -0.2) is 23.1 Å². The van der Waals surface area contributed by atoms with Gasteiger partial charge in [-0.05, 0) is 25.2 Å². The van der Waals surface area contributed by atoms with Gasteiger partial charge in [0.1, 0.15) is 6.10 Å². The standard InChI is InChI=1S/C11H14O4/c1-2-9(12)15-8-5-6-3-4-7(8)10(6)11(13)14/h2,6-8,10H,1,3-5H2,(H,13,14). The van der Waals surface area contributed by atoms with E-state index in [1.807, 2.05) is 0 Å². The fourth-order valence-corrected chi connectivity index (χ4v) is 2.99. The third kappa shape index (κ3) is 1.64. The van der Waals surface area contributed by atoms with Gasteiger partial charge in [0, 0.05) is 12.0 Å². The number of hydrogen-bond donors (Lipinski definition) is 1. The topological polar surface area (TPSA) is 63.6 Å². The van der Waals surface area contributed by atoms with Gasteiger partial charge in [-0.25, -0.2) is 4.79 Å². The molecule has 82 valence electrons. The lowest BCUT2D eigenvalue weighted by Crippen LogP contribution is -2.26. The van der Waals surface area contributed by atoms with E-state index in [0.717, 1.165) is 18.9 Å². The average Bonchev–Trinajstić information content (AvgIpc) is 2.74. The van der Waals surface area contributed by atoms with E-state index in [2.05, 4.69) is 6.58 Å². The molecule has 2 saturated carbocycles. The maximum atomic E-state index is 11.0. The first-order valence-electron chi connectivity index (χ1n) is 5.19. The first kappa shape index (κ1) is 10.2. The van der Waals surface area contributed by atoms with Crippen LogP contribution in [0.15, 0.2) is 12.7 Å². The Labute approximate surface area is 87.9 Å². The normalized spacial score (nSPS) is 37.6. The second-order valence-corrected chi connectivity index (χ2v) is 4.28. The summed E-state index contributed by atoms with van der Waals surface area (Å²) >= 11 is 0. The van der Waals surface area contributed by atoms with Gasteiger partial charge < -0.3 is 9.84 Å². The number of rotatable bonds is 3. The highest BCUT2D eigenvalue weighted by Gasteiger charge is 2.52. The molecule has 15 heavy (non-hydrogen) atoms. The zero-order chi connectivity index (χ0) is 11.0. The molecule has 4 atom stereocenters. The minimum Gasteiger partial charge on any atom is -0.481 e. The summed E-state index contributed by atoms with van der Waals surface area (Å²) in [5.41, 5.74) is 0. The summed E-state index contributed by atoms with van der Waals surface area (Å²) in [5, 5.41) is 9.04. The molecule has 2 fully saturated rings. The average molecular weight is 210 g/mol. The molecule has 0 spiro atoms. The van der Waals surface area contributed by atoms with Gasteiger partial charge in [-0.1, -0.05) is 6.58 Å². The van der Waals surface area contributed by atoms with E-state index in [4.69, 9.17) is 9.84 Å². The molecule has 0 aromatic rings. The molecule has 0 saturated heterocycles. The molecular weight excluding hydrogens is 196 g/mol. The van der Waals surface area contributed by atoms with E-state index in [9.17, 15) is 9.59 Å². The summed E-state index contributed by atoms with van der Waals surface area (Å²) in [6.45, 7) is 3.33. The Bertz CT molecular complexity index is 310. The van der Waals surface area contributed by atoms with Gasteiger partial charge in [0.2, 0.25) is 0 Å². The third-order valence-corrected chi connectivity index (χ3v) is 3.57. The van der Waals surface area contributed by atoms with Gasteiger partial charge in [-0.3, -0.25) is 4.79 Å². The molecule has 2 bridgehead atoms. The van der Waals surface area contributed by atoms with Gasteiger partial charge in [-0.15, -0.1) is 0 Å². The Kier molecular flexibility index (Phi) is 2.50. The van der Waals surface area contributed by atoms with Gasteiger partial charge in [0.15, 0.2) is 0 Å². The Morgan fingerprint density at radius 1 is 1.40 bits per heavy atom. The third-order valence-electron chi connectivity index (χ3n) is 3.57. The lowest BCUT2D eigenvalue weighted by Gasteiger charge is -2.21. The lowest BCUT2D eigenvalue weighted by atomic mass is 9.97. The van der Waals surface area contributed by atoms with Crippen LogP contribution in [0.3, 0.4) is 0 Å². The zero-order valence-electron chi connectivity index (χ0n) is 8.39. The summed E-state index contributed by atoms with van der Waals surface area (Å²) in [7, 11) is 0. The van der Waals surface area contributed by atoms with Crippen LogP contribution >= 0.6 is 0 Å². The molecule has 4 unspecified atom stereocenters. The molecule has 0 heterocycles. The van der Waals surface area contributed by atoms with Crippen LogP contribution < -0.4 is 0 Å². The van der Waals surface area contributed by atoms with Crippen LogP contribution in [0.25, 0.3) is 0 Å². The van der Waals surface area contributed by atoms with Gasteiger partial charge in [0.25, 0.3) is 0 Å². The highest BCUT2D eigenvalue weighted by Crippen LogP contribution is 2.50. The number of carbonyl (C=O) groups is 2. The van der Waals surface area contributed by atoms with E-state index in [-0.39, 0.29) is 23.9 Å². The number of carbonyl (C=O) groups excluding carboxylic acids is 1. The Morgan fingerprint density at radius 2 is 2.13 bits per heavy atom. The molecule has 0 aromatic heterocycles. The number of carboxylic acids is 1. The van der Waals surface area contributed by atoms with Crippen molar-refractivity contribution in [2.75, 3.05) is 0 Å². The summed E-state index contributed by atoms with van der Waals surface area (Å²) in [5.74, 6) is -1.31. The maximum Gasteiger partial charge on any atom is 0.330 e. The van der Waals surface area contributed by atoms with Crippen molar-refractivity contribution in [3.8, 4) is 0 Å². The smallest absolute Gasteiger partial charge is 0.330 e. The van der Waals surface area contributed by atoms with Crippen molar-refractivity contribution in [1.82, 2.24) is 0 Å². The van der Waals surface area contributed by atoms with Crippen molar-refractivity contribution in [2.45, 2.75) is 25.4 Å². The largest absolute Gasteiger partial charge is 0.481 e. The number of fused-ring (bicyclic) bond motifs is 2. The molecular formula is C11H14O4. The second-order valence-electron chi connectivity index (χ2n) is 4.28. The van der Waals surface area contributed by atoms with E-state index in [1.54, 1.807) is 0 Å². The molecule has 0 amide bonds. The van der Waals surface area contributed by atoms with Crippen LogP contribution in [0, 0.1) is 17.8 Å². The molecule has 0 radical (unpaired) electrons. The Morgan fingerprint density at radius 3 is 2.67 bits per heavy atom. The van der Waals surface area contributed by atoms with Crippen molar-refractivity contribution >= 4 is 11.9 Å². The Hall–Kier alpha value is -1.32. The van der Waals surface area contributed by atoms with Crippen molar-refractivity contribution in [3.05, 3.63) is 12.7 Å². The van der Waals surface area contributed by atoms with Crippen LogP contribution in [-0.2, 0) is 14.3 Å². The molecule has 0 aromatic carbocycles. The molecule has 0 aliphatic heterocycles. The zero-order valence-corrected chi connectivity index (χ0v) is 8.39. The van der Waals surface area contributed by atoms with Gasteiger partial charge >= 0.3 is 11.9 Å². The number of hydrogen-bond acceptors (Lipinski definition) is 3. The molecule has 4 heteroatoms. The maximum absolute atomic E-state index is 11.0. The molecule has 4 nitrogen and oxygen atoms in total. The Balaban J connectivity index is 2.04. The highest BCUT2D eigenvalue weighted by atomic mass is 16.5. The second kappa shape index (κ2) is 3.68. The van der Waals surface area contributed by atoms with Crippen molar-refractivity contribution < 1.29 is 19.4 Å². The van der Waals surface area contributed by atoms with E-state index in [1.165, 1.54) is 0 Å². The van der Waals surface area contributed by atoms with Crippen LogP contribution in [0.4, 0.5) is 0 Å². The molecule has 2 aliphatic rings. The first-order chi connectivity index (χ1) is 7.13. The minimum absolute atomic E-state index is 0.0106. The van der Waals surface area contributed by atoms with E-state index < -0.39 is 11.9 Å². The van der Waals surface area contributed by atoms with Crippen LogP contribution in [0.5, 0.6) is 0 Å². The number of carboxylic acid groups (broad SMARTS) is 1. The SMILES string of the molecule is C=CC(=O)OC1CC2CCC1C2C(=O)O. The predicted octanol–water partition coefficient (Wildman–Crippen LogP) is 1.21. The molecule has 2 aliphatic carbocycles. The summed E-state index contributed by atoms with van der Waals surface area (Å²) < 4.78 is 5.15. The predicted molar refractivity (Wildman–Crippen MR) is 52.0 cm³/mol. The highest BCUT2D eigenvalue weighted by molar-refractivity contribution is 5.81. The monoisotopic (exact) mass is 210 g/mol. The minimum atomic E-state index is -0.750. The number of ether oxygens (including phenoxy) is 1. The summed E-state index contributed by atoms with van der Waals surface area (Å²) in [4.78, 5) is 22.0. The van der Waals surface area contributed by atoms with E-state index in [0.29, 0.717) is 6.42 Å².